The maximum absolute atomic E-state index is 4.36. The van der Waals surface area contributed by atoms with E-state index < -0.39 is 0 Å². The summed E-state index contributed by atoms with van der Waals surface area (Å²) in [4.78, 5) is 0.756. The van der Waals surface area contributed by atoms with E-state index in [1.807, 2.05) is 11.7 Å². The minimum Gasteiger partial charge on any atom is -0.272 e. The lowest BCUT2D eigenvalue weighted by Gasteiger charge is -2.07. The van der Waals surface area contributed by atoms with Crippen LogP contribution in [0.3, 0.4) is 0 Å². The number of halogens is 1. The minimum absolute atomic E-state index is 0.756. The van der Waals surface area contributed by atoms with Gasteiger partial charge in [-0.15, -0.1) is 0 Å². The summed E-state index contributed by atoms with van der Waals surface area (Å²) in [7, 11) is 2.04. The van der Waals surface area contributed by atoms with Crippen LogP contribution in [0.2, 0.25) is 0 Å². The highest BCUT2D eigenvalue weighted by atomic mass is 79.9. The first-order valence-corrected chi connectivity index (χ1v) is 6.72. The molecule has 0 radical (unpaired) electrons. The molecule has 0 N–H and O–H groups in total. The first kappa shape index (κ1) is 11.2. The second kappa shape index (κ2) is 4.69. The number of nitrogens with zero attached hydrogens (tertiary/aromatic N) is 2. The van der Waals surface area contributed by atoms with Gasteiger partial charge >= 0.3 is 0 Å². The van der Waals surface area contributed by atoms with E-state index in [0.717, 1.165) is 22.9 Å². The number of aromatic nitrogens is 2. The minimum atomic E-state index is 0.756. The molecule has 0 amide bonds. The molecule has 1 unspecified atom stereocenters. The highest BCUT2D eigenvalue weighted by Gasteiger charge is 2.28. The lowest BCUT2D eigenvalue weighted by atomic mass is 10.1. The third kappa shape index (κ3) is 3.07. The van der Waals surface area contributed by atoms with Gasteiger partial charge in [-0.2, -0.15) is 5.10 Å². The number of hydrogen-bond acceptors (Lipinski definition) is 1. The van der Waals surface area contributed by atoms with Crippen molar-refractivity contribution in [3.8, 4) is 0 Å². The summed E-state index contributed by atoms with van der Waals surface area (Å²) in [6, 6.07) is 2.19. The average Bonchev–Trinajstić information content (AvgIpc) is 2.94. The predicted octanol–water partition coefficient (Wildman–Crippen LogP) is 3.22. The summed E-state index contributed by atoms with van der Waals surface area (Å²) >= 11 is 3.78. The Bertz CT molecular complexity index is 328. The zero-order chi connectivity index (χ0) is 10.8. The lowest BCUT2D eigenvalue weighted by Crippen LogP contribution is -2.03. The summed E-state index contributed by atoms with van der Waals surface area (Å²) in [6.45, 7) is 2.06. The Morgan fingerprint density at radius 2 is 2.33 bits per heavy atom. The van der Waals surface area contributed by atoms with Gasteiger partial charge in [0, 0.05) is 17.6 Å². The molecule has 1 aliphatic carbocycles. The molecule has 3 heteroatoms. The zero-order valence-electron chi connectivity index (χ0n) is 9.54. The van der Waals surface area contributed by atoms with Crippen molar-refractivity contribution >= 4 is 15.9 Å². The van der Waals surface area contributed by atoms with Crippen LogP contribution in [-0.4, -0.2) is 14.6 Å². The molecule has 0 saturated heterocycles. The zero-order valence-corrected chi connectivity index (χ0v) is 11.1. The van der Waals surface area contributed by atoms with Crippen LogP contribution in [0.5, 0.6) is 0 Å². The molecule has 0 aliphatic heterocycles. The summed E-state index contributed by atoms with van der Waals surface area (Å²) in [6.07, 6.45) is 6.59. The van der Waals surface area contributed by atoms with E-state index >= 15 is 0 Å². The molecule has 1 atom stereocenters. The van der Waals surface area contributed by atoms with Crippen molar-refractivity contribution in [1.82, 2.24) is 9.78 Å². The topological polar surface area (TPSA) is 17.8 Å². The number of aryl methyl sites for hydroxylation is 3. The summed E-state index contributed by atoms with van der Waals surface area (Å²) in [5, 5.41) is 4.36. The van der Waals surface area contributed by atoms with Crippen LogP contribution in [0.4, 0.5) is 0 Å². The molecule has 2 rings (SSSR count). The van der Waals surface area contributed by atoms with Crippen molar-refractivity contribution in [2.75, 3.05) is 0 Å². The molecule has 0 bridgehead atoms. The normalized spacial score (nSPS) is 18.1. The average molecular weight is 271 g/mol. The summed E-state index contributed by atoms with van der Waals surface area (Å²) < 4.78 is 2.01. The van der Waals surface area contributed by atoms with Gasteiger partial charge in [-0.05, 0) is 51.0 Å². The number of hydrogen-bond donors (Lipinski definition) is 0. The molecule has 2 nitrogen and oxygen atoms in total. The largest absolute Gasteiger partial charge is 0.272 e. The third-order valence-electron chi connectivity index (χ3n) is 3.15. The highest BCUT2D eigenvalue weighted by Crippen LogP contribution is 2.38. The van der Waals surface area contributed by atoms with Crippen molar-refractivity contribution in [3.05, 3.63) is 17.5 Å². The first-order valence-electron chi connectivity index (χ1n) is 5.80. The van der Waals surface area contributed by atoms with Gasteiger partial charge in [-0.3, -0.25) is 4.68 Å². The van der Waals surface area contributed by atoms with Gasteiger partial charge in [0.25, 0.3) is 0 Å². The molecule has 84 valence electrons. The van der Waals surface area contributed by atoms with Crippen LogP contribution in [-0.2, 0) is 13.5 Å². The van der Waals surface area contributed by atoms with E-state index in [4.69, 9.17) is 0 Å². The third-order valence-corrected chi connectivity index (χ3v) is 4.35. The molecular weight excluding hydrogens is 252 g/mol. The molecule has 1 fully saturated rings. The Morgan fingerprint density at radius 1 is 1.60 bits per heavy atom. The van der Waals surface area contributed by atoms with Crippen LogP contribution in [0.15, 0.2) is 6.07 Å². The quantitative estimate of drug-likeness (QED) is 0.752. The smallest absolute Gasteiger partial charge is 0.0596 e. The van der Waals surface area contributed by atoms with Gasteiger partial charge in [0.2, 0.25) is 0 Å². The van der Waals surface area contributed by atoms with Gasteiger partial charge < -0.3 is 0 Å². The van der Waals surface area contributed by atoms with Gasteiger partial charge in [-0.25, -0.2) is 0 Å². The SMILES string of the molecule is Cc1cc(CCCC(Br)C2CC2)n(C)n1. The molecule has 1 aliphatic rings. The molecule has 15 heavy (non-hydrogen) atoms. The Balaban J connectivity index is 1.75. The van der Waals surface area contributed by atoms with Crippen molar-refractivity contribution in [1.29, 1.82) is 0 Å². The van der Waals surface area contributed by atoms with Crippen LogP contribution in [0.1, 0.15) is 37.1 Å². The van der Waals surface area contributed by atoms with Crippen LogP contribution < -0.4 is 0 Å². The molecular formula is C12H19BrN2. The van der Waals surface area contributed by atoms with Crippen molar-refractivity contribution in [3.63, 3.8) is 0 Å². The second-order valence-electron chi connectivity index (χ2n) is 4.65. The fourth-order valence-corrected chi connectivity index (χ4v) is 2.92. The molecule has 1 saturated carbocycles. The monoisotopic (exact) mass is 270 g/mol. The predicted molar refractivity (Wildman–Crippen MR) is 66.3 cm³/mol. The molecule has 1 aromatic rings. The Morgan fingerprint density at radius 3 is 2.87 bits per heavy atom. The molecule has 1 aromatic heterocycles. The van der Waals surface area contributed by atoms with E-state index in [1.54, 1.807) is 0 Å². The van der Waals surface area contributed by atoms with E-state index in [1.165, 1.54) is 31.4 Å². The van der Waals surface area contributed by atoms with Gasteiger partial charge in [0.15, 0.2) is 0 Å². The van der Waals surface area contributed by atoms with E-state index in [0.29, 0.717) is 0 Å². The van der Waals surface area contributed by atoms with Crippen molar-refractivity contribution in [2.45, 2.75) is 43.9 Å². The summed E-state index contributed by atoms with van der Waals surface area (Å²) in [5.74, 6) is 0.971. The van der Waals surface area contributed by atoms with Crippen molar-refractivity contribution < 1.29 is 0 Å². The van der Waals surface area contributed by atoms with Gasteiger partial charge in [-0.1, -0.05) is 15.9 Å². The standard InChI is InChI=1S/C12H19BrN2/c1-9-8-11(15(2)14-9)4-3-5-12(13)10-6-7-10/h8,10,12H,3-7H2,1-2H3. The van der Waals surface area contributed by atoms with Gasteiger partial charge in [0.1, 0.15) is 0 Å². The van der Waals surface area contributed by atoms with Crippen molar-refractivity contribution in [2.24, 2.45) is 13.0 Å². The number of alkyl halides is 1. The Labute approximate surface area is 100 Å². The van der Waals surface area contributed by atoms with E-state index in [-0.39, 0.29) is 0 Å². The van der Waals surface area contributed by atoms with E-state index in [9.17, 15) is 0 Å². The maximum Gasteiger partial charge on any atom is 0.0596 e. The highest BCUT2D eigenvalue weighted by molar-refractivity contribution is 9.09. The van der Waals surface area contributed by atoms with Crippen LogP contribution in [0.25, 0.3) is 0 Å². The Hall–Kier alpha value is -0.310. The fourth-order valence-electron chi connectivity index (χ4n) is 2.07. The number of rotatable bonds is 5. The van der Waals surface area contributed by atoms with Gasteiger partial charge in [0.05, 0.1) is 5.69 Å². The maximum atomic E-state index is 4.36. The fraction of sp³-hybridized carbons (Fsp3) is 0.750. The Kier molecular flexibility index (Phi) is 3.49. The molecule has 0 aromatic carbocycles. The first-order chi connectivity index (χ1) is 7.16. The molecule has 1 heterocycles. The molecule has 0 spiro atoms. The lowest BCUT2D eigenvalue weighted by molar-refractivity contribution is 0.622. The second-order valence-corrected chi connectivity index (χ2v) is 5.82. The van der Waals surface area contributed by atoms with Crippen LogP contribution >= 0.6 is 15.9 Å². The summed E-state index contributed by atoms with van der Waals surface area (Å²) in [5.41, 5.74) is 2.49. The van der Waals surface area contributed by atoms with E-state index in [2.05, 4.69) is 34.0 Å². The van der Waals surface area contributed by atoms with Crippen LogP contribution in [0, 0.1) is 12.8 Å².